The zero-order chi connectivity index (χ0) is 13.0. The van der Waals surface area contributed by atoms with Crippen molar-refractivity contribution in [2.24, 2.45) is 0 Å². The van der Waals surface area contributed by atoms with Crippen molar-refractivity contribution in [3.05, 3.63) is 71.8 Å². The SMILES string of the molecule is C[S+](C)C(c1ccccc1)C(Br)c1ccccc1.[Br-]. The van der Waals surface area contributed by atoms with Crippen LogP contribution in [0.1, 0.15) is 21.2 Å². The molecule has 2 unspecified atom stereocenters. The molecule has 0 aliphatic rings. The highest BCUT2D eigenvalue weighted by Crippen LogP contribution is 2.41. The molecule has 0 nitrogen and oxygen atoms in total. The molecule has 0 N–H and O–H groups in total. The topological polar surface area (TPSA) is 0 Å². The highest BCUT2D eigenvalue weighted by atomic mass is 79.9. The van der Waals surface area contributed by atoms with E-state index in [0.717, 1.165) is 0 Å². The molecule has 102 valence electrons. The van der Waals surface area contributed by atoms with Gasteiger partial charge >= 0.3 is 0 Å². The van der Waals surface area contributed by atoms with Crippen molar-refractivity contribution in [3.8, 4) is 0 Å². The standard InChI is InChI=1S/C16H18BrS.BrH/c1-18(2)16(14-11-7-4-8-12-14)15(17)13-9-5-3-6-10-13;/h3-12,15-16H,1-2H3;1H/q+1;/p-1. The van der Waals surface area contributed by atoms with Gasteiger partial charge in [-0.05, 0) is 16.5 Å². The van der Waals surface area contributed by atoms with Gasteiger partial charge in [-0.2, -0.15) is 0 Å². The average Bonchev–Trinajstić information content (AvgIpc) is 2.40. The van der Waals surface area contributed by atoms with E-state index in [1.807, 2.05) is 0 Å². The number of rotatable bonds is 4. The molecule has 0 aromatic heterocycles. The van der Waals surface area contributed by atoms with Gasteiger partial charge in [0.25, 0.3) is 0 Å². The van der Waals surface area contributed by atoms with Crippen LogP contribution in [0, 0.1) is 0 Å². The normalized spacial score (nSPS) is 13.7. The van der Waals surface area contributed by atoms with Crippen LogP contribution in [0.5, 0.6) is 0 Å². The first-order valence-corrected chi connectivity index (χ1v) is 9.02. The Morgan fingerprint density at radius 1 is 0.789 bits per heavy atom. The fourth-order valence-corrected chi connectivity index (χ4v) is 5.38. The van der Waals surface area contributed by atoms with Crippen molar-refractivity contribution in [1.82, 2.24) is 0 Å². The second kappa shape index (κ2) is 8.13. The lowest BCUT2D eigenvalue weighted by Crippen LogP contribution is -3.00. The first kappa shape index (κ1) is 16.8. The molecule has 0 bridgehead atoms. The minimum absolute atomic E-state index is 0. The van der Waals surface area contributed by atoms with Crippen LogP contribution in [-0.2, 0) is 10.9 Å². The molecule has 3 heteroatoms. The molecule has 0 aliphatic carbocycles. The third-order valence-corrected chi connectivity index (χ3v) is 5.99. The van der Waals surface area contributed by atoms with Gasteiger partial charge in [-0.15, -0.1) is 0 Å². The van der Waals surface area contributed by atoms with Crippen molar-refractivity contribution in [1.29, 1.82) is 0 Å². The smallest absolute Gasteiger partial charge is 0.159 e. The van der Waals surface area contributed by atoms with E-state index in [4.69, 9.17) is 0 Å². The zero-order valence-electron chi connectivity index (χ0n) is 11.1. The maximum atomic E-state index is 3.90. The van der Waals surface area contributed by atoms with Gasteiger partial charge in [-0.25, -0.2) is 0 Å². The summed E-state index contributed by atoms with van der Waals surface area (Å²) in [7, 11) is 0.318. The Morgan fingerprint density at radius 3 is 1.63 bits per heavy atom. The fraction of sp³-hybridized carbons (Fsp3) is 0.250. The van der Waals surface area contributed by atoms with Gasteiger partial charge in [0.2, 0.25) is 0 Å². The number of hydrogen-bond acceptors (Lipinski definition) is 0. The van der Waals surface area contributed by atoms with E-state index >= 15 is 0 Å². The lowest BCUT2D eigenvalue weighted by atomic mass is 10.0. The van der Waals surface area contributed by atoms with Gasteiger partial charge in [0.1, 0.15) is 0 Å². The van der Waals surface area contributed by atoms with Crippen LogP contribution in [0.4, 0.5) is 0 Å². The van der Waals surface area contributed by atoms with Crippen LogP contribution in [0.2, 0.25) is 0 Å². The van der Waals surface area contributed by atoms with Crippen LogP contribution in [0.3, 0.4) is 0 Å². The Labute approximate surface area is 137 Å². The lowest BCUT2D eigenvalue weighted by Gasteiger charge is -2.20. The minimum atomic E-state index is 0. The number of benzene rings is 2. The zero-order valence-corrected chi connectivity index (χ0v) is 15.1. The summed E-state index contributed by atoms with van der Waals surface area (Å²) in [5.41, 5.74) is 2.77. The Morgan fingerprint density at radius 2 is 1.21 bits per heavy atom. The Bertz CT molecular complexity index is 471. The molecule has 0 fully saturated rings. The molecule has 0 radical (unpaired) electrons. The summed E-state index contributed by atoms with van der Waals surface area (Å²) in [6.07, 6.45) is 4.63. The third-order valence-electron chi connectivity index (χ3n) is 3.02. The maximum absolute atomic E-state index is 3.90. The molecule has 0 aliphatic heterocycles. The summed E-state index contributed by atoms with van der Waals surface area (Å²) in [5, 5.41) is 0.522. The molecule has 2 atom stereocenters. The molecule has 0 saturated heterocycles. The van der Waals surface area contributed by atoms with E-state index in [9.17, 15) is 0 Å². The molecule has 0 spiro atoms. The largest absolute Gasteiger partial charge is 1.00 e. The maximum Gasteiger partial charge on any atom is 0.159 e. The molecular formula is C16H18Br2S. The molecule has 0 amide bonds. The molecule has 2 aromatic carbocycles. The van der Waals surface area contributed by atoms with E-state index < -0.39 is 0 Å². The van der Waals surface area contributed by atoms with Gasteiger partial charge in [0.15, 0.2) is 5.25 Å². The van der Waals surface area contributed by atoms with Gasteiger partial charge in [0, 0.05) is 5.56 Å². The molecule has 2 rings (SSSR count). The van der Waals surface area contributed by atoms with Crippen LogP contribution < -0.4 is 17.0 Å². The van der Waals surface area contributed by atoms with Crippen LogP contribution in [-0.4, -0.2) is 12.5 Å². The first-order valence-electron chi connectivity index (χ1n) is 6.00. The summed E-state index contributed by atoms with van der Waals surface area (Å²) in [6, 6.07) is 21.5. The number of halogens is 2. The summed E-state index contributed by atoms with van der Waals surface area (Å²) in [6.45, 7) is 0. The minimum Gasteiger partial charge on any atom is -1.00 e. The van der Waals surface area contributed by atoms with E-state index in [1.165, 1.54) is 11.1 Å². The van der Waals surface area contributed by atoms with E-state index in [2.05, 4.69) is 89.1 Å². The molecular weight excluding hydrogens is 384 g/mol. The highest BCUT2D eigenvalue weighted by Gasteiger charge is 2.32. The quantitative estimate of drug-likeness (QED) is 0.540. The van der Waals surface area contributed by atoms with Crippen LogP contribution >= 0.6 is 15.9 Å². The van der Waals surface area contributed by atoms with E-state index in [1.54, 1.807) is 0 Å². The van der Waals surface area contributed by atoms with Crippen molar-refractivity contribution in [2.45, 2.75) is 10.1 Å². The summed E-state index contributed by atoms with van der Waals surface area (Å²) >= 11 is 3.90. The van der Waals surface area contributed by atoms with Crippen LogP contribution in [0.15, 0.2) is 60.7 Å². The average molecular weight is 402 g/mol. The Kier molecular flexibility index (Phi) is 7.19. The van der Waals surface area contributed by atoms with Crippen molar-refractivity contribution in [3.63, 3.8) is 0 Å². The third kappa shape index (κ3) is 4.37. The highest BCUT2D eigenvalue weighted by molar-refractivity contribution is 9.09. The summed E-state index contributed by atoms with van der Waals surface area (Å²) in [4.78, 5) is 0.374. The monoisotopic (exact) mass is 400 g/mol. The second-order valence-electron chi connectivity index (χ2n) is 4.52. The summed E-state index contributed by atoms with van der Waals surface area (Å²) < 4.78 is 0. The number of alkyl halides is 1. The predicted octanol–water partition coefficient (Wildman–Crippen LogP) is 1.75. The number of hydrogen-bond donors (Lipinski definition) is 0. The van der Waals surface area contributed by atoms with Crippen LogP contribution in [0.25, 0.3) is 0 Å². The molecule has 0 saturated carbocycles. The lowest BCUT2D eigenvalue weighted by molar-refractivity contribution is -0.00000358. The van der Waals surface area contributed by atoms with Gasteiger partial charge < -0.3 is 17.0 Å². The van der Waals surface area contributed by atoms with Gasteiger partial charge in [-0.3, -0.25) is 0 Å². The van der Waals surface area contributed by atoms with Gasteiger partial charge in [-0.1, -0.05) is 76.6 Å². The molecule has 2 aromatic rings. The summed E-state index contributed by atoms with van der Waals surface area (Å²) in [5.74, 6) is 0. The first-order chi connectivity index (χ1) is 8.70. The molecule has 19 heavy (non-hydrogen) atoms. The fourth-order valence-electron chi connectivity index (χ4n) is 2.13. The second-order valence-corrected chi connectivity index (χ2v) is 7.78. The predicted molar refractivity (Wildman–Crippen MR) is 86.5 cm³/mol. The molecule has 0 heterocycles. The van der Waals surface area contributed by atoms with E-state index in [0.29, 0.717) is 21.0 Å². The van der Waals surface area contributed by atoms with Crippen molar-refractivity contribution in [2.75, 3.05) is 12.5 Å². The van der Waals surface area contributed by atoms with Gasteiger partial charge in [0.05, 0.1) is 17.3 Å². The Balaban J connectivity index is 0.00000180. The van der Waals surface area contributed by atoms with Crippen molar-refractivity contribution < 1.29 is 17.0 Å². The van der Waals surface area contributed by atoms with E-state index in [-0.39, 0.29) is 17.0 Å². The Hall–Kier alpha value is -0.250. The van der Waals surface area contributed by atoms with Crippen molar-refractivity contribution >= 4 is 26.8 Å².